The van der Waals surface area contributed by atoms with Gasteiger partial charge in [-0.2, -0.15) is 0 Å². The highest BCUT2D eigenvalue weighted by Gasteiger charge is 2.32. The van der Waals surface area contributed by atoms with Crippen LogP contribution >= 0.6 is 22.9 Å². The lowest BCUT2D eigenvalue weighted by molar-refractivity contribution is 0.556. The third-order valence-electron chi connectivity index (χ3n) is 5.88. The zero-order chi connectivity index (χ0) is 20.9. The molecular formula is C25H17ClN2O2S. The van der Waals surface area contributed by atoms with Crippen molar-refractivity contribution in [2.24, 2.45) is 4.99 Å². The molecule has 2 aromatic carbocycles. The number of aromatic nitrogens is 1. The van der Waals surface area contributed by atoms with Gasteiger partial charge in [-0.25, -0.2) is 4.99 Å². The predicted molar refractivity (Wildman–Crippen MR) is 123 cm³/mol. The Morgan fingerprint density at radius 1 is 1.06 bits per heavy atom. The number of benzene rings is 2. The summed E-state index contributed by atoms with van der Waals surface area (Å²) in [6, 6.07) is 19.7. The number of hydrogen-bond acceptors (Lipinski definition) is 4. The fourth-order valence-electron chi connectivity index (χ4n) is 4.47. The van der Waals surface area contributed by atoms with Gasteiger partial charge in [0.05, 0.1) is 22.5 Å². The average molecular weight is 445 g/mol. The van der Waals surface area contributed by atoms with Gasteiger partial charge in [0.15, 0.2) is 4.80 Å². The largest absolute Gasteiger partial charge is 0.465 e. The summed E-state index contributed by atoms with van der Waals surface area (Å²) in [4.78, 5) is 19.2. The van der Waals surface area contributed by atoms with Crippen LogP contribution in [0.25, 0.3) is 11.8 Å². The second-order valence-corrected chi connectivity index (χ2v) is 9.13. The summed E-state index contributed by atoms with van der Waals surface area (Å²) >= 11 is 7.56. The molecule has 0 spiro atoms. The number of thiazole rings is 1. The van der Waals surface area contributed by atoms with Crippen molar-refractivity contribution in [2.75, 3.05) is 0 Å². The summed E-state index contributed by atoms with van der Waals surface area (Å²) in [5.41, 5.74) is 5.62. The van der Waals surface area contributed by atoms with Crippen LogP contribution in [0.5, 0.6) is 0 Å². The molecule has 0 N–H and O–H groups in total. The first-order chi connectivity index (χ1) is 15.2. The van der Waals surface area contributed by atoms with E-state index in [-0.39, 0.29) is 11.6 Å². The molecule has 0 amide bonds. The van der Waals surface area contributed by atoms with Gasteiger partial charge >= 0.3 is 0 Å². The van der Waals surface area contributed by atoms with Crippen LogP contribution < -0.4 is 14.9 Å². The van der Waals surface area contributed by atoms with Gasteiger partial charge in [-0.15, -0.1) is 0 Å². The first-order valence-electron chi connectivity index (χ1n) is 10.1. The van der Waals surface area contributed by atoms with Gasteiger partial charge in [0.2, 0.25) is 0 Å². The number of aryl methyl sites for hydroxylation is 1. The third-order valence-corrected chi connectivity index (χ3v) is 7.11. The number of halogens is 1. The molecule has 0 radical (unpaired) electrons. The second-order valence-electron chi connectivity index (χ2n) is 7.68. The van der Waals surface area contributed by atoms with Crippen molar-refractivity contribution in [3.63, 3.8) is 0 Å². The molecule has 1 atom stereocenters. The summed E-state index contributed by atoms with van der Waals surface area (Å²) < 4.78 is 7.88. The van der Waals surface area contributed by atoms with Crippen LogP contribution in [0, 0.1) is 0 Å². The highest BCUT2D eigenvalue weighted by Crippen LogP contribution is 2.41. The predicted octanol–water partition coefficient (Wildman–Crippen LogP) is 4.57. The van der Waals surface area contributed by atoms with Crippen LogP contribution in [0.1, 0.15) is 34.9 Å². The lowest BCUT2D eigenvalue weighted by Crippen LogP contribution is -2.38. The Morgan fingerprint density at radius 3 is 2.71 bits per heavy atom. The molecule has 6 heteroatoms. The highest BCUT2D eigenvalue weighted by atomic mass is 35.5. The lowest BCUT2D eigenvalue weighted by atomic mass is 9.83. The fourth-order valence-corrected chi connectivity index (χ4v) is 5.58. The van der Waals surface area contributed by atoms with E-state index in [1.54, 1.807) is 12.3 Å². The summed E-state index contributed by atoms with van der Waals surface area (Å²) in [7, 11) is 0. The normalized spacial score (nSPS) is 17.7. The van der Waals surface area contributed by atoms with Crippen molar-refractivity contribution >= 4 is 34.7 Å². The highest BCUT2D eigenvalue weighted by molar-refractivity contribution is 7.07. The monoisotopic (exact) mass is 444 g/mol. The Balaban J connectivity index is 1.65. The van der Waals surface area contributed by atoms with Crippen LogP contribution in [0.4, 0.5) is 0 Å². The summed E-state index contributed by atoms with van der Waals surface area (Å²) in [5.74, 6) is 0.655. The number of fused-ring (bicyclic) bond motifs is 3. The van der Waals surface area contributed by atoms with E-state index in [1.165, 1.54) is 22.5 Å². The molecular weight excluding hydrogens is 428 g/mol. The number of furan rings is 1. The van der Waals surface area contributed by atoms with E-state index in [9.17, 15) is 4.79 Å². The van der Waals surface area contributed by atoms with Crippen molar-refractivity contribution in [1.82, 2.24) is 4.57 Å². The first kappa shape index (κ1) is 18.6. The number of allylic oxidation sites excluding steroid dienone is 1. The zero-order valence-corrected chi connectivity index (χ0v) is 18.0. The minimum absolute atomic E-state index is 0.0505. The molecule has 152 valence electrons. The molecule has 0 unspecified atom stereocenters. The second kappa shape index (κ2) is 7.22. The van der Waals surface area contributed by atoms with Gasteiger partial charge < -0.3 is 4.42 Å². The Bertz CT molecular complexity index is 1510. The van der Waals surface area contributed by atoms with Crippen LogP contribution in [-0.2, 0) is 6.42 Å². The molecule has 31 heavy (non-hydrogen) atoms. The van der Waals surface area contributed by atoms with Crippen LogP contribution in [0.2, 0.25) is 5.02 Å². The van der Waals surface area contributed by atoms with Gasteiger partial charge in [-0.1, -0.05) is 59.3 Å². The molecule has 1 aliphatic carbocycles. The van der Waals surface area contributed by atoms with Crippen LogP contribution in [0.15, 0.2) is 86.7 Å². The van der Waals surface area contributed by atoms with Gasteiger partial charge in [0, 0.05) is 16.7 Å². The summed E-state index contributed by atoms with van der Waals surface area (Å²) in [6.45, 7) is 0. The molecule has 1 aliphatic heterocycles. The van der Waals surface area contributed by atoms with E-state index in [0.717, 1.165) is 29.7 Å². The molecule has 0 saturated heterocycles. The molecule has 0 saturated carbocycles. The van der Waals surface area contributed by atoms with Crippen molar-refractivity contribution in [3.8, 4) is 0 Å². The fraction of sp³-hybridized carbons (Fsp3) is 0.120. The Labute approximate surface area is 187 Å². The van der Waals surface area contributed by atoms with E-state index in [4.69, 9.17) is 21.0 Å². The molecule has 0 fully saturated rings. The summed E-state index contributed by atoms with van der Waals surface area (Å²) in [5, 5.41) is 0.678. The molecule has 2 aliphatic rings. The van der Waals surface area contributed by atoms with E-state index < -0.39 is 0 Å². The average Bonchev–Trinajstić information content (AvgIpc) is 3.41. The van der Waals surface area contributed by atoms with E-state index in [1.807, 2.05) is 47.0 Å². The smallest absolute Gasteiger partial charge is 0.271 e. The Hall–Kier alpha value is -3.15. The van der Waals surface area contributed by atoms with Gasteiger partial charge in [-0.3, -0.25) is 9.36 Å². The first-order valence-corrected chi connectivity index (χ1v) is 11.3. The molecule has 3 heterocycles. The van der Waals surface area contributed by atoms with Crippen molar-refractivity contribution in [2.45, 2.75) is 18.9 Å². The van der Waals surface area contributed by atoms with Gasteiger partial charge in [-0.05, 0) is 53.8 Å². The van der Waals surface area contributed by atoms with E-state index >= 15 is 0 Å². The topological polar surface area (TPSA) is 47.5 Å². The quantitative estimate of drug-likeness (QED) is 0.455. The van der Waals surface area contributed by atoms with Gasteiger partial charge in [0.25, 0.3) is 5.56 Å². The van der Waals surface area contributed by atoms with Crippen LogP contribution in [0.3, 0.4) is 0 Å². The zero-order valence-electron chi connectivity index (χ0n) is 16.4. The van der Waals surface area contributed by atoms with E-state index in [0.29, 0.717) is 20.1 Å². The lowest BCUT2D eigenvalue weighted by Gasteiger charge is -2.30. The number of nitrogens with zero attached hydrogens (tertiary/aromatic N) is 2. The van der Waals surface area contributed by atoms with Crippen molar-refractivity contribution < 1.29 is 4.42 Å². The number of rotatable bonds is 2. The maximum Gasteiger partial charge on any atom is 0.271 e. The number of hydrogen-bond donors (Lipinski definition) is 0. The van der Waals surface area contributed by atoms with Crippen LogP contribution in [-0.4, -0.2) is 4.57 Å². The molecule has 6 rings (SSSR count). The Morgan fingerprint density at radius 2 is 1.90 bits per heavy atom. The maximum absolute atomic E-state index is 13.5. The molecule has 4 nitrogen and oxygen atoms in total. The summed E-state index contributed by atoms with van der Waals surface area (Å²) in [6.07, 6.45) is 5.20. The third kappa shape index (κ3) is 3.04. The Kier molecular flexibility index (Phi) is 4.33. The standard InChI is InChI=1S/C25H17ClN2O2S/c26-17-10-7-16(8-11-17)23-20-12-9-15-4-1-2-6-19(15)22(20)27-25-28(23)24(29)21(31-25)14-18-5-3-13-30-18/h1-8,10-11,13-14,23H,9,12H2/b21-14+/t23-/m0/s1. The van der Waals surface area contributed by atoms with E-state index in [2.05, 4.69) is 18.2 Å². The van der Waals surface area contributed by atoms with Gasteiger partial charge in [0.1, 0.15) is 5.76 Å². The van der Waals surface area contributed by atoms with Crippen molar-refractivity contribution in [3.05, 3.63) is 120 Å². The maximum atomic E-state index is 13.5. The molecule has 0 bridgehead atoms. The van der Waals surface area contributed by atoms with Crippen molar-refractivity contribution in [1.29, 1.82) is 0 Å². The SMILES string of the molecule is O=c1/c(=C\c2ccco2)sc2n1[C@@H](c1ccc(Cl)cc1)C1=C(N=2)c2ccccc2CC1. The minimum atomic E-state index is -0.198. The molecule has 2 aromatic heterocycles. The molecule has 4 aromatic rings. The minimum Gasteiger partial charge on any atom is -0.465 e.